The number of nitrogens with zero attached hydrogens (tertiary/aromatic N) is 3. The first-order valence-corrected chi connectivity index (χ1v) is 9.45. The van der Waals surface area contributed by atoms with Crippen molar-refractivity contribution in [3.8, 4) is 0 Å². The molecule has 1 amide bonds. The number of likely N-dealkylation sites (N-methyl/N-ethyl adjacent to an activating group) is 1. The lowest BCUT2D eigenvalue weighted by Crippen LogP contribution is -2.34. The molecule has 0 aliphatic carbocycles. The van der Waals surface area contributed by atoms with Crippen molar-refractivity contribution in [1.82, 2.24) is 14.5 Å². The van der Waals surface area contributed by atoms with Gasteiger partial charge >= 0.3 is 0 Å². The van der Waals surface area contributed by atoms with Gasteiger partial charge in [0.05, 0.1) is 11.0 Å². The van der Waals surface area contributed by atoms with Crippen LogP contribution >= 0.6 is 11.8 Å². The molecule has 5 heteroatoms. The van der Waals surface area contributed by atoms with E-state index in [1.165, 1.54) is 11.8 Å². The number of imidazole rings is 1. The number of rotatable bonds is 6. The number of fused-ring (bicyclic) bond motifs is 1. The second kappa shape index (κ2) is 7.74. The number of thioether (sulfide) groups is 1. The van der Waals surface area contributed by atoms with Gasteiger partial charge in [-0.05, 0) is 31.5 Å². The van der Waals surface area contributed by atoms with Gasteiger partial charge in [-0.2, -0.15) is 0 Å². The van der Waals surface area contributed by atoms with E-state index < -0.39 is 0 Å². The highest BCUT2D eigenvalue weighted by Gasteiger charge is 2.27. The van der Waals surface area contributed by atoms with E-state index in [1.54, 1.807) is 0 Å². The summed E-state index contributed by atoms with van der Waals surface area (Å²) in [6, 6.07) is 18.0. The van der Waals surface area contributed by atoms with E-state index in [9.17, 15) is 4.79 Å². The average Bonchev–Trinajstić information content (AvgIpc) is 2.97. The number of aryl methyl sites for hydroxylation is 1. The second-order valence-electron chi connectivity index (χ2n) is 5.86. The van der Waals surface area contributed by atoms with Gasteiger partial charge in [0.25, 0.3) is 0 Å². The number of hydrogen-bond donors (Lipinski definition) is 0. The van der Waals surface area contributed by atoms with E-state index in [4.69, 9.17) is 4.98 Å². The molecule has 1 unspecified atom stereocenters. The van der Waals surface area contributed by atoms with Gasteiger partial charge in [0.2, 0.25) is 5.91 Å². The second-order valence-corrected chi connectivity index (χ2v) is 6.93. The third-order valence-electron chi connectivity index (χ3n) is 4.37. The molecule has 0 saturated carbocycles. The average molecular weight is 353 g/mol. The van der Waals surface area contributed by atoms with Gasteiger partial charge in [-0.3, -0.25) is 4.79 Å². The van der Waals surface area contributed by atoms with Gasteiger partial charge in [-0.25, -0.2) is 4.98 Å². The molecule has 0 fully saturated rings. The summed E-state index contributed by atoms with van der Waals surface area (Å²) in [4.78, 5) is 19.7. The van der Waals surface area contributed by atoms with Crippen molar-refractivity contribution < 1.29 is 4.79 Å². The van der Waals surface area contributed by atoms with Crippen LogP contribution in [0.25, 0.3) is 11.0 Å². The van der Waals surface area contributed by atoms with E-state index in [1.807, 2.05) is 74.3 Å². The van der Waals surface area contributed by atoms with Gasteiger partial charge in [-0.15, -0.1) is 0 Å². The van der Waals surface area contributed by atoms with Gasteiger partial charge in [0.1, 0.15) is 5.25 Å². The first kappa shape index (κ1) is 17.5. The predicted octanol–water partition coefficient (Wildman–Crippen LogP) is 4.28. The monoisotopic (exact) mass is 353 g/mol. The molecule has 1 atom stereocenters. The number of amides is 1. The maximum Gasteiger partial charge on any atom is 0.240 e. The molecule has 130 valence electrons. The van der Waals surface area contributed by atoms with Crippen LogP contribution in [0.4, 0.5) is 0 Å². The van der Waals surface area contributed by atoms with E-state index in [-0.39, 0.29) is 11.2 Å². The van der Waals surface area contributed by atoms with Crippen molar-refractivity contribution in [3.05, 3.63) is 60.2 Å². The van der Waals surface area contributed by atoms with Crippen molar-refractivity contribution in [2.75, 3.05) is 13.1 Å². The van der Waals surface area contributed by atoms with Crippen molar-refractivity contribution in [2.45, 2.75) is 24.3 Å². The zero-order valence-corrected chi connectivity index (χ0v) is 15.7. The van der Waals surface area contributed by atoms with Gasteiger partial charge < -0.3 is 9.47 Å². The summed E-state index contributed by atoms with van der Waals surface area (Å²) in [6.45, 7) is 5.45. The fourth-order valence-electron chi connectivity index (χ4n) is 2.92. The minimum atomic E-state index is -0.295. The van der Waals surface area contributed by atoms with E-state index >= 15 is 0 Å². The molecule has 3 aromatic rings. The molecule has 0 aliphatic heterocycles. The van der Waals surface area contributed by atoms with Crippen LogP contribution in [0.5, 0.6) is 0 Å². The van der Waals surface area contributed by atoms with E-state index in [0.717, 1.165) is 21.8 Å². The summed E-state index contributed by atoms with van der Waals surface area (Å²) in [6.07, 6.45) is 0. The predicted molar refractivity (Wildman–Crippen MR) is 104 cm³/mol. The van der Waals surface area contributed by atoms with E-state index in [2.05, 4.69) is 10.6 Å². The number of aromatic nitrogens is 2. The molecular formula is C20H23N3OS. The van der Waals surface area contributed by atoms with Crippen LogP contribution in [0.1, 0.15) is 24.7 Å². The zero-order chi connectivity index (χ0) is 17.8. The lowest BCUT2D eigenvalue weighted by atomic mass is 10.1. The molecule has 25 heavy (non-hydrogen) atoms. The maximum absolute atomic E-state index is 13.1. The van der Waals surface area contributed by atoms with Crippen LogP contribution in [-0.4, -0.2) is 33.4 Å². The Labute approximate surface area is 152 Å². The third kappa shape index (κ3) is 3.56. The minimum Gasteiger partial charge on any atom is -0.342 e. The number of para-hydroxylation sites is 2. The quantitative estimate of drug-likeness (QED) is 0.621. The van der Waals surface area contributed by atoms with Crippen molar-refractivity contribution >= 4 is 28.7 Å². The summed E-state index contributed by atoms with van der Waals surface area (Å²) in [7, 11) is 2.00. The molecule has 0 radical (unpaired) electrons. The first-order chi connectivity index (χ1) is 12.2. The highest BCUT2D eigenvalue weighted by atomic mass is 32.2. The third-order valence-corrected chi connectivity index (χ3v) is 5.66. The smallest absolute Gasteiger partial charge is 0.240 e. The Morgan fingerprint density at radius 2 is 1.72 bits per heavy atom. The van der Waals surface area contributed by atoms with Gasteiger partial charge in [0, 0.05) is 20.1 Å². The number of carbonyl (C=O) groups is 1. The molecule has 3 rings (SSSR count). The van der Waals surface area contributed by atoms with Crippen LogP contribution in [0.15, 0.2) is 59.8 Å². The molecule has 0 aliphatic rings. The SMILES string of the molecule is CCN(CC)C(=O)C(Sc1nc2ccccc2n1C)c1ccccc1. The van der Waals surface area contributed by atoms with Crippen LogP contribution in [-0.2, 0) is 11.8 Å². The minimum absolute atomic E-state index is 0.133. The summed E-state index contributed by atoms with van der Waals surface area (Å²) < 4.78 is 2.06. The Hall–Kier alpha value is -2.27. The van der Waals surface area contributed by atoms with Crippen LogP contribution in [0.2, 0.25) is 0 Å². The standard InChI is InChI=1S/C20H23N3OS/c1-4-23(5-2)19(24)18(15-11-7-6-8-12-15)25-20-21-16-13-9-10-14-17(16)22(20)3/h6-14,18H,4-5H2,1-3H3. The largest absolute Gasteiger partial charge is 0.342 e. The molecule has 0 N–H and O–H groups in total. The Balaban J connectivity index is 1.99. The molecule has 0 spiro atoms. The number of carbonyl (C=O) groups excluding carboxylic acids is 1. The Morgan fingerprint density at radius 3 is 2.36 bits per heavy atom. The molecule has 2 aromatic carbocycles. The fourth-order valence-corrected chi connectivity index (χ4v) is 4.09. The highest BCUT2D eigenvalue weighted by Crippen LogP contribution is 2.37. The lowest BCUT2D eigenvalue weighted by molar-refractivity contribution is -0.130. The summed E-state index contributed by atoms with van der Waals surface area (Å²) >= 11 is 1.52. The van der Waals surface area contributed by atoms with E-state index in [0.29, 0.717) is 13.1 Å². The Bertz CT molecular complexity index is 856. The van der Waals surface area contributed by atoms with Crippen molar-refractivity contribution in [2.24, 2.45) is 7.05 Å². The van der Waals surface area contributed by atoms with Crippen molar-refractivity contribution in [3.63, 3.8) is 0 Å². The molecule has 1 aromatic heterocycles. The molecule has 0 bridgehead atoms. The first-order valence-electron chi connectivity index (χ1n) is 8.57. The molecule has 0 saturated heterocycles. The van der Waals surface area contributed by atoms with Gasteiger partial charge in [0.15, 0.2) is 5.16 Å². The summed E-state index contributed by atoms with van der Waals surface area (Å²) in [5.41, 5.74) is 3.04. The Morgan fingerprint density at radius 1 is 1.08 bits per heavy atom. The van der Waals surface area contributed by atoms with Crippen LogP contribution < -0.4 is 0 Å². The molecule has 1 heterocycles. The summed E-state index contributed by atoms with van der Waals surface area (Å²) in [5.74, 6) is 0.133. The zero-order valence-electron chi connectivity index (χ0n) is 14.8. The fraction of sp³-hybridized carbons (Fsp3) is 0.300. The molecule has 4 nitrogen and oxygen atoms in total. The highest BCUT2D eigenvalue weighted by molar-refractivity contribution is 8.00. The van der Waals surface area contributed by atoms with Crippen LogP contribution in [0.3, 0.4) is 0 Å². The normalized spacial score (nSPS) is 12.3. The summed E-state index contributed by atoms with van der Waals surface area (Å²) in [5, 5.41) is 0.562. The number of benzene rings is 2. The maximum atomic E-state index is 13.1. The van der Waals surface area contributed by atoms with Crippen molar-refractivity contribution in [1.29, 1.82) is 0 Å². The Kier molecular flexibility index (Phi) is 5.43. The van der Waals surface area contributed by atoms with Crippen LogP contribution in [0, 0.1) is 0 Å². The lowest BCUT2D eigenvalue weighted by Gasteiger charge is -2.25. The van der Waals surface area contributed by atoms with Gasteiger partial charge in [-0.1, -0.05) is 54.2 Å². The topological polar surface area (TPSA) is 38.1 Å². The molecular weight excluding hydrogens is 330 g/mol. The number of hydrogen-bond acceptors (Lipinski definition) is 3.